The van der Waals surface area contributed by atoms with Gasteiger partial charge in [0.25, 0.3) is 0 Å². The molecule has 0 saturated carbocycles. The Labute approximate surface area is 126 Å². The molecule has 6 nitrogen and oxygen atoms in total. The summed E-state index contributed by atoms with van der Waals surface area (Å²) in [7, 11) is 0. The van der Waals surface area contributed by atoms with E-state index in [1.54, 1.807) is 32.6 Å². The second-order valence-corrected chi connectivity index (χ2v) is 6.80. The summed E-state index contributed by atoms with van der Waals surface area (Å²) in [4.78, 5) is 37.4. The Hall–Kier alpha value is -1.59. The Balaban J connectivity index is 2.54. The lowest BCUT2D eigenvalue weighted by atomic mass is 10.1. The molecule has 1 saturated heterocycles. The van der Waals surface area contributed by atoms with Crippen LogP contribution >= 0.6 is 0 Å². The predicted molar refractivity (Wildman–Crippen MR) is 78.4 cm³/mol. The molecule has 1 rings (SSSR count). The van der Waals surface area contributed by atoms with Crippen LogP contribution in [0.5, 0.6) is 0 Å². The van der Waals surface area contributed by atoms with Gasteiger partial charge in [-0.3, -0.25) is 9.59 Å². The van der Waals surface area contributed by atoms with Gasteiger partial charge in [0.2, 0.25) is 11.8 Å². The topological polar surface area (TPSA) is 75.7 Å². The summed E-state index contributed by atoms with van der Waals surface area (Å²) in [5.41, 5.74) is -0.589. The first-order valence-electron chi connectivity index (χ1n) is 7.34. The Bertz CT molecular complexity index is 426. The fourth-order valence-electron chi connectivity index (χ4n) is 2.19. The van der Waals surface area contributed by atoms with Crippen molar-refractivity contribution in [3.05, 3.63) is 0 Å². The number of rotatable bonds is 4. The average Bonchev–Trinajstić information content (AvgIpc) is 2.69. The van der Waals surface area contributed by atoms with Crippen LogP contribution in [-0.2, 0) is 19.1 Å². The van der Waals surface area contributed by atoms with E-state index in [1.165, 1.54) is 0 Å². The molecule has 0 aromatic rings. The minimum absolute atomic E-state index is 0.0185. The van der Waals surface area contributed by atoms with E-state index in [1.807, 2.05) is 13.8 Å². The van der Waals surface area contributed by atoms with E-state index in [-0.39, 0.29) is 24.3 Å². The molecule has 1 aliphatic heterocycles. The highest BCUT2D eigenvalue weighted by Crippen LogP contribution is 2.20. The normalized spacial score (nSPS) is 20.6. The van der Waals surface area contributed by atoms with Crippen LogP contribution in [0, 0.1) is 5.92 Å². The molecular formula is C15H26N2O4. The van der Waals surface area contributed by atoms with Gasteiger partial charge in [0.15, 0.2) is 0 Å². The highest BCUT2D eigenvalue weighted by atomic mass is 16.6. The Kier molecular flexibility index (Phi) is 5.36. The van der Waals surface area contributed by atoms with Crippen molar-refractivity contribution in [1.82, 2.24) is 10.2 Å². The van der Waals surface area contributed by atoms with E-state index in [0.717, 1.165) is 0 Å². The molecule has 1 N–H and O–H groups in total. The molecule has 0 radical (unpaired) electrons. The standard InChI is InChI=1S/C15H26N2O4/c1-9(2)17-8-11(7-12(17)18)13(19)16-10(3)14(20)21-15(4,5)6/h9-11H,7-8H2,1-6H3,(H,16,19)/t10-,11?/m1/s1. The van der Waals surface area contributed by atoms with Gasteiger partial charge in [0.1, 0.15) is 11.6 Å². The van der Waals surface area contributed by atoms with Crippen LogP contribution in [0.4, 0.5) is 0 Å². The second-order valence-electron chi connectivity index (χ2n) is 6.80. The predicted octanol–water partition coefficient (Wildman–Crippen LogP) is 1.09. The van der Waals surface area contributed by atoms with Gasteiger partial charge in [-0.25, -0.2) is 4.79 Å². The Morgan fingerprint density at radius 1 is 1.29 bits per heavy atom. The van der Waals surface area contributed by atoms with Gasteiger partial charge >= 0.3 is 5.97 Å². The van der Waals surface area contributed by atoms with Crippen LogP contribution in [-0.4, -0.2) is 46.9 Å². The maximum absolute atomic E-state index is 12.1. The number of hydrogen-bond donors (Lipinski definition) is 1. The molecule has 1 heterocycles. The van der Waals surface area contributed by atoms with Crippen molar-refractivity contribution in [1.29, 1.82) is 0 Å². The quantitative estimate of drug-likeness (QED) is 0.788. The van der Waals surface area contributed by atoms with E-state index in [4.69, 9.17) is 4.74 Å². The van der Waals surface area contributed by atoms with Gasteiger partial charge in [-0.15, -0.1) is 0 Å². The fourth-order valence-corrected chi connectivity index (χ4v) is 2.19. The zero-order valence-corrected chi connectivity index (χ0v) is 13.7. The molecule has 21 heavy (non-hydrogen) atoms. The Morgan fingerprint density at radius 3 is 2.29 bits per heavy atom. The monoisotopic (exact) mass is 298 g/mol. The van der Waals surface area contributed by atoms with Gasteiger partial charge in [-0.2, -0.15) is 0 Å². The summed E-state index contributed by atoms with van der Waals surface area (Å²) >= 11 is 0. The van der Waals surface area contributed by atoms with Crippen molar-refractivity contribution in [3.63, 3.8) is 0 Å². The molecule has 120 valence electrons. The number of likely N-dealkylation sites (tertiary alicyclic amines) is 1. The highest BCUT2D eigenvalue weighted by Gasteiger charge is 2.36. The lowest BCUT2D eigenvalue weighted by molar-refractivity contribution is -0.158. The smallest absolute Gasteiger partial charge is 0.328 e. The van der Waals surface area contributed by atoms with Crippen molar-refractivity contribution in [2.45, 2.75) is 65.6 Å². The number of carbonyl (C=O) groups is 3. The molecule has 1 fully saturated rings. The number of carbonyl (C=O) groups excluding carboxylic acids is 3. The van der Waals surface area contributed by atoms with Crippen LogP contribution in [0.2, 0.25) is 0 Å². The van der Waals surface area contributed by atoms with Crippen molar-refractivity contribution in [2.75, 3.05) is 6.54 Å². The van der Waals surface area contributed by atoms with Crippen molar-refractivity contribution >= 4 is 17.8 Å². The zero-order chi connectivity index (χ0) is 16.4. The third-order valence-corrected chi connectivity index (χ3v) is 3.27. The lowest BCUT2D eigenvalue weighted by Crippen LogP contribution is -2.45. The maximum Gasteiger partial charge on any atom is 0.328 e. The summed E-state index contributed by atoms with van der Waals surface area (Å²) in [5.74, 6) is -1.16. The van der Waals surface area contributed by atoms with Gasteiger partial charge < -0.3 is 15.0 Å². The number of ether oxygens (including phenoxy) is 1. The van der Waals surface area contributed by atoms with Crippen LogP contribution in [0.15, 0.2) is 0 Å². The first-order chi connectivity index (χ1) is 9.51. The second kappa shape index (κ2) is 6.45. The zero-order valence-electron chi connectivity index (χ0n) is 13.7. The molecule has 1 aliphatic rings. The van der Waals surface area contributed by atoms with E-state index in [0.29, 0.717) is 6.54 Å². The van der Waals surface area contributed by atoms with Gasteiger partial charge in [-0.05, 0) is 41.5 Å². The molecule has 0 spiro atoms. The summed E-state index contributed by atoms with van der Waals surface area (Å²) in [5, 5.41) is 2.63. The molecule has 0 aromatic carbocycles. The van der Waals surface area contributed by atoms with E-state index in [9.17, 15) is 14.4 Å². The maximum atomic E-state index is 12.1. The number of esters is 1. The summed E-state index contributed by atoms with van der Waals surface area (Å²) in [6.45, 7) is 11.1. The lowest BCUT2D eigenvalue weighted by Gasteiger charge is -2.24. The number of nitrogens with one attached hydrogen (secondary N) is 1. The van der Waals surface area contributed by atoms with Crippen LogP contribution in [0.1, 0.15) is 48.0 Å². The number of nitrogens with zero attached hydrogens (tertiary/aromatic N) is 1. The van der Waals surface area contributed by atoms with Gasteiger partial charge in [-0.1, -0.05) is 0 Å². The molecule has 0 bridgehead atoms. The first-order valence-corrected chi connectivity index (χ1v) is 7.34. The third-order valence-electron chi connectivity index (χ3n) is 3.27. The Morgan fingerprint density at radius 2 is 1.86 bits per heavy atom. The van der Waals surface area contributed by atoms with Gasteiger partial charge in [0, 0.05) is 19.0 Å². The number of hydrogen-bond acceptors (Lipinski definition) is 4. The first kappa shape index (κ1) is 17.5. The van der Waals surface area contributed by atoms with Crippen LogP contribution in [0.25, 0.3) is 0 Å². The van der Waals surface area contributed by atoms with Gasteiger partial charge in [0.05, 0.1) is 5.92 Å². The molecule has 2 amide bonds. The van der Waals surface area contributed by atoms with E-state index < -0.39 is 23.5 Å². The van der Waals surface area contributed by atoms with Crippen molar-refractivity contribution < 1.29 is 19.1 Å². The number of amides is 2. The molecule has 2 atom stereocenters. The summed E-state index contributed by atoms with van der Waals surface area (Å²) < 4.78 is 5.21. The third kappa shape index (κ3) is 5.02. The molecule has 0 aliphatic carbocycles. The van der Waals surface area contributed by atoms with Crippen molar-refractivity contribution in [3.8, 4) is 0 Å². The molecule has 1 unspecified atom stereocenters. The van der Waals surface area contributed by atoms with Crippen LogP contribution in [0.3, 0.4) is 0 Å². The minimum Gasteiger partial charge on any atom is -0.458 e. The highest BCUT2D eigenvalue weighted by molar-refractivity contribution is 5.91. The van der Waals surface area contributed by atoms with Crippen LogP contribution < -0.4 is 5.32 Å². The minimum atomic E-state index is -0.722. The molecule has 0 aromatic heterocycles. The largest absolute Gasteiger partial charge is 0.458 e. The molecular weight excluding hydrogens is 272 g/mol. The molecule has 6 heteroatoms. The summed E-state index contributed by atoms with van der Waals surface area (Å²) in [6, 6.07) is -0.640. The van der Waals surface area contributed by atoms with E-state index in [2.05, 4.69) is 5.32 Å². The summed E-state index contributed by atoms with van der Waals surface area (Å²) in [6.07, 6.45) is 0.199. The SMILES string of the molecule is CC(C)N1CC(C(=O)N[C@H](C)C(=O)OC(C)(C)C)CC1=O. The fraction of sp³-hybridized carbons (Fsp3) is 0.800. The van der Waals surface area contributed by atoms with Crippen molar-refractivity contribution in [2.24, 2.45) is 5.92 Å². The van der Waals surface area contributed by atoms with E-state index >= 15 is 0 Å². The average molecular weight is 298 g/mol.